The van der Waals surface area contributed by atoms with Crippen molar-refractivity contribution in [3.8, 4) is 0 Å². The van der Waals surface area contributed by atoms with Gasteiger partial charge in [-0.3, -0.25) is 9.59 Å². The van der Waals surface area contributed by atoms with Gasteiger partial charge in [-0.2, -0.15) is 0 Å². The molecule has 0 saturated heterocycles. The third-order valence-electron chi connectivity index (χ3n) is 3.26. The molecular formula is C13H25NO3. The minimum absolute atomic E-state index is 0.000478. The zero-order valence-corrected chi connectivity index (χ0v) is 11.2. The first-order valence-corrected chi connectivity index (χ1v) is 6.52. The largest absolute Gasteiger partial charge is 0.481 e. The topological polar surface area (TPSA) is 66.4 Å². The summed E-state index contributed by atoms with van der Waals surface area (Å²) in [4.78, 5) is 22.6. The van der Waals surface area contributed by atoms with Crippen molar-refractivity contribution in [3.05, 3.63) is 0 Å². The fourth-order valence-electron chi connectivity index (χ4n) is 1.90. The number of carboxylic acid groups (broad SMARTS) is 1. The van der Waals surface area contributed by atoms with Gasteiger partial charge in [0, 0.05) is 12.0 Å². The van der Waals surface area contributed by atoms with Crippen molar-refractivity contribution in [2.45, 2.75) is 71.3 Å². The van der Waals surface area contributed by atoms with Gasteiger partial charge in [0.1, 0.15) is 0 Å². The Morgan fingerprint density at radius 1 is 1.12 bits per heavy atom. The van der Waals surface area contributed by atoms with Gasteiger partial charge in [0.05, 0.1) is 6.42 Å². The van der Waals surface area contributed by atoms with Crippen LogP contribution in [0.3, 0.4) is 0 Å². The number of unbranched alkanes of at least 4 members (excludes halogenated alkanes) is 2. The molecule has 1 amide bonds. The molecule has 0 bridgehead atoms. The molecule has 0 rings (SSSR count). The zero-order chi connectivity index (χ0) is 13.3. The van der Waals surface area contributed by atoms with Gasteiger partial charge < -0.3 is 10.4 Å². The van der Waals surface area contributed by atoms with Gasteiger partial charge in [-0.25, -0.2) is 0 Å². The van der Waals surface area contributed by atoms with Crippen molar-refractivity contribution in [1.82, 2.24) is 5.32 Å². The molecule has 0 aliphatic heterocycles. The molecule has 0 atom stereocenters. The van der Waals surface area contributed by atoms with Crippen molar-refractivity contribution in [2.24, 2.45) is 0 Å². The highest BCUT2D eigenvalue weighted by molar-refractivity contribution is 5.78. The third-order valence-corrected chi connectivity index (χ3v) is 3.26. The minimum Gasteiger partial charge on any atom is -0.481 e. The lowest BCUT2D eigenvalue weighted by Gasteiger charge is -2.31. The second-order valence-corrected chi connectivity index (χ2v) is 4.56. The quantitative estimate of drug-likeness (QED) is 0.612. The molecule has 0 aromatic rings. The molecule has 0 unspecified atom stereocenters. The van der Waals surface area contributed by atoms with Crippen molar-refractivity contribution >= 4 is 11.9 Å². The summed E-state index contributed by atoms with van der Waals surface area (Å²) in [6.45, 7) is 5.92. The molecule has 4 nitrogen and oxygen atoms in total. The molecule has 0 heterocycles. The number of hydrogen-bond acceptors (Lipinski definition) is 2. The number of carbonyl (C=O) groups is 2. The Hall–Kier alpha value is -1.06. The highest BCUT2D eigenvalue weighted by atomic mass is 16.4. The van der Waals surface area contributed by atoms with Gasteiger partial charge in [0.2, 0.25) is 5.91 Å². The van der Waals surface area contributed by atoms with Crippen LogP contribution in [-0.4, -0.2) is 22.5 Å². The van der Waals surface area contributed by atoms with Crippen LogP contribution < -0.4 is 5.32 Å². The summed E-state index contributed by atoms with van der Waals surface area (Å²) < 4.78 is 0. The molecule has 4 heteroatoms. The summed E-state index contributed by atoms with van der Waals surface area (Å²) in [6.07, 6.45) is 4.78. The van der Waals surface area contributed by atoms with E-state index in [-0.39, 0.29) is 12.3 Å². The fourth-order valence-corrected chi connectivity index (χ4v) is 1.90. The van der Waals surface area contributed by atoms with Crippen LogP contribution in [-0.2, 0) is 9.59 Å². The van der Waals surface area contributed by atoms with E-state index in [1.165, 1.54) is 0 Å². The summed E-state index contributed by atoms with van der Waals surface area (Å²) in [6, 6.07) is 0. The van der Waals surface area contributed by atoms with Crippen molar-refractivity contribution in [1.29, 1.82) is 0 Å². The second-order valence-electron chi connectivity index (χ2n) is 4.56. The third kappa shape index (κ3) is 6.29. The molecule has 0 aromatic carbocycles. The first-order valence-electron chi connectivity index (χ1n) is 6.52. The molecule has 0 saturated carbocycles. The van der Waals surface area contributed by atoms with Gasteiger partial charge in [-0.1, -0.05) is 33.6 Å². The zero-order valence-electron chi connectivity index (χ0n) is 11.2. The SMILES string of the molecule is CCCCCC(=O)NC(CC)(CC)CC(=O)O. The van der Waals surface area contributed by atoms with Crippen LogP contribution in [0.1, 0.15) is 65.7 Å². The lowest BCUT2D eigenvalue weighted by atomic mass is 9.88. The second kappa shape index (κ2) is 8.09. The number of rotatable bonds is 9. The molecule has 0 spiro atoms. The van der Waals surface area contributed by atoms with Crippen LogP contribution >= 0.6 is 0 Å². The van der Waals surface area contributed by atoms with E-state index in [0.717, 1.165) is 19.3 Å². The Morgan fingerprint density at radius 3 is 2.12 bits per heavy atom. The van der Waals surface area contributed by atoms with E-state index in [9.17, 15) is 9.59 Å². The summed E-state index contributed by atoms with van der Waals surface area (Å²) in [5, 5.41) is 11.8. The number of aliphatic carboxylic acids is 1. The Kier molecular flexibility index (Phi) is 7.59. The van der Waals surface area contributed by atoms with E-state index >= 15 is 0 Å². The van der Waals surface area contributed by atoms with Crippen LogP contribution in [0, 0.1) is 0 Å². The molecule has 0 aliphatic rings. The molecule has 0 fully saturated rings. The number of carbonyl (C=O) groups excluding carboxylic acids is 1. The lowest BCUT2D eigenvalue weighted by Crippen LogP contribution is -2.49. The maximum Gasteiger partial charge on any atom is 0.305 e. The lowest BCUT2D eigenvalue weighted by molar-refractivity contribution is -0.139. The number of amides is 1. The molecule has 100 valence electrons. The van der Waals surface area contributed by atoms with Crippen LogP contribution in [0.2, 0.25) is 0 Å². The van der Waals surface area contributed by atoms with Gasteiger partial charge in [-0.15, -0.1) is 0 Å². The van der Waals surface area contributed by atoms with E-state index in [2.05, 4.69) is 12.2 Å². The maximum absolute atomic E-state index is 11.7. The maximum atomic E-state index is 11.7. The highest BCUT2D eigenvalue weighted by Gasteiger charge is 2.30. The smallest absolute Gasteiger partial charge is 0.305 e. The summed E-state index contributed by atoms with van der Waals surface area (Å²) in [5.41, 5.74) is -0.574. The predicted molar refractivity (Wildman–Crippen MR) is 67.9 cm³/mol. The van der Waals surface area contributed by atoms with Gasteiger partial charge >= 0.3 is 5.97 Å². The average Bonchev–Trinajstić information content (AvgIpc) is 2.27. The first-order chi connectivity index (χ1) is 7.99. The van der Waals surface area contributed by atoms with Crippen LogP contribution in [0.25, 0.3) is 0 Å². The Morgan fingerprint density at radius 2 is 1.71 bits per heavy atom. The molecular weight excluding hydrogens is 218 g/mol. The number of carboxylic acids is 1. The van der Waals surface area contributed by atoms with E-state index in [0.29, 0.717) is 19.3 Å². The molecule has 0 aliphatic carbocycles. The Labute approximate surface area is 104 Å². The van der Waals surface area contributed by atoms with Crippen LogP contribution in [0.4, 0.5) is 0 Å². The fraction of sp³-hybridized carbons (Fsp3) is 0.846. The van der Waals surface area contributed by atoms with Crippen molar-refractivity contribution in [2.75, 3.05) is 0 Å². The first kappa shape index (κ1) is 15.9. The van der Waals surface area contributed by atoms with Gasteiger partial charge in [0.15, 0.2) is 0 Å². The predicted octanol–water partition coefficient (Wildman–Crippen LogP) is 2.72. The molecule has 0 aromatic heterocycles. The molecule has 17 heavy (non-hydrogen) atoms. The van der Waals surface area contributed by atoms with Crippen molar-refractivity contribution < 1.29 is 14.7 Å². The van der Waals surface area contributed by atoms with Crippen molar-refractivity contribution in [3.63, 3.8) is 0 Å². The van der Waals surface area contributed by atoms with Crippen LogP contribution in [0.15, 0.2) is 0 Å². The van der Waals surface area contributed by atoms with Gasteiger partial charge in [0.25, 0.3) is 0 Å². The summed E-state index contributed by atoms with van der Waals surface area (Å²) in [7, 11) is 0. The summed E-state index contributed by atoms with van der Waals surface area (Å²) in [5.74, 6) is -0.883. The number of nitrogens with one attached hydrogen (secondary N) is 1. The van der Waals surface area contributed by atoms with E-state index in [1.807, 2.05) is 13.8 Å². The van der Waals surface area contributed by atoms with E-state index in [1.54, 1.807) is 0 Å². The molecule has 2 N–H and O–H groups in total. The summed E-state index contributed by atoms with van der Waals surface area (Å²) >= 11 is 0. The standard InChI is InChI=1S/C13H25NO3/c1-4-7-8-9-11(15)14-13(5-2,6-3)10-12(16)17/h4-10H2,1-3H3,(H,14,15)(H,16,17). The monoisotopic (exact) mass is 243 g/mol. The van der Waals surface area contributed by atoms with Crippen LogP contribution in [0.5, 0.6) is 0 Å². The molecule has 0 radical (unpaired) electrons. The minimum atomic E-state index is -0.859. The highest BCUT2D eigenvalue weighted by Crippen LogP contribution is 2.20. The number of hydrogen-bond donors (Lipinski definition) is 2. The normalized spacial score (nSPS) is 11.2. The Balaban J connectivity index is 4.32. The van der Waals surface area contributed by atoms with E-state index < -0.39 is 11.5 Å². The average molecular weight is 243 g/mol. The Bertz CT molecular complexity index is 247. The van der Waals surface area contributed by atoms with E-state index in [4.69, 9.17) is 5.11 Å². The van der Waals surface area contributed by atoms with Gasteiger partial charge in [-0.05, 0) is 19.3 Å².